The molecule has 1 saturated heterocycles. The van der Waals surface area contributed by atoms with Crippen LogP contribution in [0.25, 0.3) is 11.3 Å². The Labute approximate surface area is 175 Å². The van der Waals surface area contributed by atoms with E-state index < -0.39 is 0 Å². The van der Waals surface area contributed by atoms with E-state index in [9.17, 15) is 9.18 Å². The third kappa shape index (κ3) is 4.83. The van der Waals surface area contributed by atoms with Gasteiger partial charge in [-0.2, -0.15) is 0 Å². The summed E-state index contributed by atoms with van der Waals surface area (Å²) in [6.07, 6.45) is 4.37. The number of carbonyl (C=O) groups excluding carboxylic acids is 1. The minimum absolute atomic E-state index is 0. The van der Waals surface area contributed by atoms with Crippen molar-refractivity contribution in [1.29, 1.82) is 0 Å². The standard InChI is InChI=1S/C22H22FN3O2.ClH/c23-19-6-2-1-5-18(19)21-9-7-17(28-21)8-10-22(27)26-13-12-25-15-20(26)16-4-3-11-24-14-16;/h1-7,9,11,14,20,25H,8,10,12-13,15H2;1H. The van der Waals surface area contributed by atoms with Crippen LogP contribution in [-0.2, 0) is 11.2 Å². The first kappa shape index (κ1) is 21.0. The van der Waals surface area contributed by atoms with E-state index in [1.807, 2.05) is 29.3 Å². The fourth-order valence-electron chi connectivity index (χ4n) is 3.57. The van der Waals surface area contributed by atoms with Gasteiger partial charge in [-0.05, 0) is 35.9 Å². The number of carbonyl (C=O) groups is 1. The van der Waals surface area contributed by atoms with E-state index in [0.717, 1.165) is 18.7 Å². The van der Waals surface area contributed by atoms with Gasteiger partial charge < -0.3 is 14.6 Å². The quantitative estimate of drug-likeness (QED) is 0.684. The molecule has 4 rings (SSSR count). The van der Waals surface area contributed by atoms with Crippen LogP contribution in [0.4, 0.5) is 4.39 Å². The molecule has 1 aliphatic rings. The normalized spacial score (nSPS) is 16.3. The van der Waals surface area contributed by atoms with E-state index in [4.69, 9.17) is 4.42 Å². The Hall–Kier alpha value is -2.70. The van der Waals surface area contributed by atoms with Crippen LogP contribution in [0.5, 0.6) is 0 Å². The summed E-state index contributed by atoms with van der Waals surface area (Å²) >= 11 is 0. The van der Waals surface area contributed by atoms with E-state index in [1.165, 1.54) is 6.07 Å². The molecule has 0 aliphatic carbocycles. The molecule has 0 bridgehead atoms. The zero-order chi connectivity index (χ0) is 19.3. The molecular formula is C22H23ClFN3O2. The van der Waals surface area contributed by atoms with Crippen LogP contribution in [0, 0.1) is 5.82 Å². The minimum atomic E-state index is -0.320. The van der Waals surface area contributed by atoms with Crippen LogP contribution < -0.4 is 5.32 Å². The van der Waals surface area contributed by atoms with E-state index in [-0.39, 0.29) is 30.2 Å². The van der Waals surface area contributed by atoms with Crippen LogP contribution in [0.1, 0.15) is 23.8 Å². The van der Waals surface area contributed by atoms with Gasteiger partial charge in [0.2, 0.25) is 5.91 Å². The van der Waals surface area contributed by atoms with Crippen molar-refractivity contribution in [2.24, 2.45) is 0 Å². The molecule has 5 nitrogen and oxygen atoms in total. The van der Waals surface area contributed by atoms with E-state index in [1.54, 1.807) is 30.5 Å². The third-order valence-electron chi connectivity index (χ3n) is 5.02. The minimum Gasteiger partial charge on any atom is -0.461 e. The summed E-state index contributed by atoms with van der Waals surface area (Å²) in [5.41, 5.74) is 1.46. The maximum absolute atomic E-state index is 13.9. The largest absolute Gasteiger partial charge is 0.461 e. The summed E-state index contributed by atoms with van der Waals surface area (Å²) < 4.78 is 19.7. The molecule has 0 spiro atoms. The molecule has 1 amide bonds. The van der Waals surface area contributed by atoms with Crippen LogP contribution in [-0.4, -0.2) is 35.4 Å². The van der Waals surface area contributed by atoms with Crippen molar-refractivity contribution in [2.75, 3.05) is 19.6 Å². The summed E-state index contributed by atoms with van der Waals surface area (Å²) in [6.45, 7) is 2.16. The number of nitrogens with one attached hydrogen (secondary N) is 1. The molecule has 2 aromatic heterocycles. The van der Waals surface area contributed by atoms with Gasteiger partial charge in [0.1, 0.15) is 17.3 Å². The van der Waals surface area contributed by atoms with Gasteiger partial charge in [-0.3, -0.25) is 9.78 Å². The molecule has 0 saturated carbocycles. The molecule has 1 unspecified atom stereocenters. The number of nitrogens with zero attached hydrogens (tertiary/aromatic N) is 2. The van der Waals surface area contributed by atoms with Crippen LogP contribution in [0.3, 0.4) is 0 Å². The van der Waals surface area contributed by atoms with Crippen molar-refractivity contribution in [3.8, 4) is 11.3 Å². The highest BCUT2D eigenvalue weighted by atomic mass is 35.5. The summed E-state index contributed by atoms with van der Waals surface area (Å²) in [5.74, 6) is 0.925. The molecule has 1 aromatic carbocycles. The van der Waals surface area contributed by atoms with Crippen molar-refractivity contribution in [2.45, 2.75) is 18.9 Å². The maximum atomic E-state index is 13.9. The fourth-order valence-corrected chi connectivity index (χ4v) is 3.57. The van der Waals surface area contributed by atoms with Gasteiger partial charge >= 0.3 is 0 Å². The summed E-state index contributed by atoms with van der Waals surface area (Å²) in [6, 6.07) is 13.9. The monoisotopic (exact) mass is 415 g/mol. The SMILES string of the molecule is Cl.O=C(CCc1ccc(-c2ccccc2F)o1)N1CCNCC1c1cccnc1. The average Bonchev–Trinajstić information content (AvgIpc) is 3.22. The lowest BCUT2D eigenvalue weighted by atomic mass is 10.0. The van der Waals surface area contributed by atoms with Gasteiger partial charge in [-0.1, -0.05) is 18.2 Å². The number of hydrogen-bond donors (Lipinski definition) is 1. The molecular weight excluding hydrogens is 393 g/mol. The highest BCUT2D eigenvalue weighted by Gasteiger charge is 2.27. The van der Waals surface area contributed by atoms with Crippen molar-refractivity contribution < 1.29 is 13.6 Å². The first-order valence-electron chi connectivity index (χ1n) is 9.46. The van der Waals surface area contributed by atoms with Gasteiger partial charge in [-0.15, -0.1) is 12.4 Å². The van der Waals surface area contributed by atoms with Crippen LogP contribution >= 0.6 is 12.4 Å². The summed E-state index contributed by atoms with van der Waals surface area (Å²) in [4.78, 5) is 18.9. The molecule has 7 heteroatoms. The molecule has 3 heterocycles. The number of rotatable bonds is 5. The Bertz CT molecular complexity index is 948. The van der Waals surface area contributed by atoms with E-state index in [2.05, 4.69) is 10.3 Å². The second-order valence-electron chi connectivity index (χ2n) is 6.84. The van der Waals surface area contributed by atoms with Crippen molar-refractivity contribution in [1.82, 2.24) is 15.2 Å². The van der Waals surface area contributed by atoms with Crippen LogP contribution in [0.2, 0.25) is 0 Å². The Kier molecular flexibility index (Phi) is 7.01. The van der Waals surface area contributed by atoms with Gasteiger partial charge in [-0.25, -0.2) is 4.39 Å². The van der Waals surface area contributed by atoms with Crippen molar-refractivity contribution in [3.63, 3.8) is 0 Å². The molecule has 1 atom stereocenters. The predicted octanol–water partition coefficient (Wildman–Crippen LogP) is 4.01. The molecule has 1 N–H and O–H groups in total. The Morgan fingerprint density at radius 2 is 2.07 bits per heavy atom. The fraction of sp³-hybridized carbons (Fsp3) is 0.273. The summed E-state index contributed by atoms with van der Waals surface area (Å²) in [5, 5.41) is 3.34. The number of benzene rings is 1. The first-order chi connectivity index (χ1) is 13.7. The maximum Gasteiger partial charge on any atom is 0.223 e. The first-order valence-corrected chi connectivity index (χ1v) is 9.46. The van der Waals surface area contributed by atoms with Gasteiger partial charge in [0, 0.05) is 44.9 Å². The number of aromatic nitrogens is 1. The second-order valence-corrected chi connectivity index (χ2v) is 6.84. The van der Waals surface area contributed by atoms with Crippen LogP contribution in [0.15, 0.2) is 65.3 Å². The number of halogens is 2. The molecule has 3 aromatic rings. The zero-order valence-corrected chi connectivity index (χ0v) is 16.7. The predicted molar refractivity (Wildman–Crippen MR) is 111 cm³/mol. The van der Waals surface area contributed by atoms with Crippen molar-refractivity contribution >= 4 is 18.3 Å². The number of amides is 1. The lowest BCUT2D eigenvalue weighted by molar-refractivity contribution is -0.134. The second kappa shape index (κ2) is 9.67. The molecule has 152 valence electrons. The zero-order valence-electron chi connectivity index (χ0n) is 15.9. The molecule has 29 heavy (non-hydrogen) atoms. The Balaban J connectivity index is 0.00000240. The number of furan rings is 1. The smallest absolute Gasteiger partial charge is 0.223 e. The topological polar surface area (TPSA) is 58.4 Å². The van der Waals surface area contributed by atoms with E-state index >= 15 is 0 Å². The lowest BCUT2D eigenvalue weighted by Gasteiger charge is -2.36. The summed E-state index contributed by atoms with van der Waals surface area (Å²) in [7, 11) is 0. The molecule has 1 fully saturated rings. The number of piperazine rings is 1. The van der Waals surface area contributed by atoms with Gasteiger partial charge in [0.15, 0.2) is 0 Å². The Morgan fingerprint density at radius 1 is 1.21 bits per heavy atom. The molecule has 0 radical (unpaired) electrons. The van der Waals surface area contributed by atoms with E-state index in [0.29, 0.717) is 36.5 Å². The van der Waals surface area contributed by atoms with Crippen molar-refractivity contribution in [3.05, 3.63) is 78.1 Å². The lowest BCUT2D eigenvalue weighted by Crippen LogP contribution is -2.48. The highest BCUT2D eigenvalue weighted by molar-refractivity contribution is 5.85. The van der Waals surface area contributed by atoms with Gasteiger partial charge in [0.05, 0.1) is 11.6 Å². The third-order valence-corrected chi connectivity index (χ3v) is 5.02. The Morgan fingerprint density at radius 3 is 2.86 bits per heavy atom. The number of aryl methyl sites for hydroxylation is 1. The molecule has 1 aliphatic heterocycles. The number of hydrogen-bond acceptors (Lipinski definition) is 4. The number of pyridine rings is 1. The van der Waals surface area contributed by atoms with Gasteiger partial charge in [0.25, 0.3) is 0 Å². The highest BCUT2D eigenvalue weighted by Crippen LogP contribution is 2.26. The average molecular weight is 416 g/mol.